The summed E-state index contributed by atoms with van der Waals surface area (Å²) in [5, 5.41) is 16.3. The topological polar surface area (TPSA) is 120 Å². The first-order valence-electron chi connectivity index (χ1n) is 13.2. The van der Waals surface area contributed by atoms with Crippen molar-refractivity contribution >= 4 is 27.8 Å². The van der Waals surface area contributed by atoms with E-state index in [1.807, 2.05) is 64.6 Å². The number of piperidine rings is 1. The SMILES string of the molecule is N#CCC1(n2cc(-c3ncnc4[nH]ccc34)cn2)CN(C2CCN(C(=O)c3cccc4cccnc34)CC2)C1. The van der Waals surface area contributed by atoms with Crippen LogP contribution in [0.3, 0.4) is 0 Å². The molecule has 7 rings (SSSR count). The van der Waals surface area contributed by atoms with Crippen LogP contribution < -0.4 is 0 Å². The van der Waals surface area contributed by atoms with E-state index in [2.05, 4.69) is 36.0 Å². The van der Waals surface area contributed by atoms with Crippen LogP contribution in [-0.4, -0.2) is 77.6 Å². The van der Waals surface area contributed by atoms with Crippen molar-refractivity contribution in [1.82, 2.24) is 39.5 Å². The molecular formula is C29H27N9O. The van der Waals surface area contributed by atoms with Gasteiger partial charge in [-0.3, -0.25) is 19.4 Å². The summed E-state index contributed by atoms with van der Waals surface area (Å²) in [5.74, 6) is 0.0468. The third-order valence-corrected chi connectivity index (χ3v) is 8.23. The van der Waals surface area contributed by atoms with Crippen LogP contribution in [-0.2, 0) is 5.54 Å². The van der Waals surface area contributed by atoms with E-state index < -0.39 is 0 Å². The number of nitriles is 1. The van der Waals surface area contributed by atoms with Crippen LogP contribution in [0.25, 0.3) is 33.2 Å². The third-order valence-electron chi connectivity index (χ3n) is 8.23. The van der Waals surface area contributed by atoms with Gasteiger partial charge in [-0.05, 0) is 31.0 Å². The Kier molecular flexibility index (Phi) is 5.60. The average Bonchev–Trinajstić information content (AvgIpc) is 3.65. The van der Waals surface area contributed by atoms with Crippen molar-refractivity contribution in [3.05, 3.63) is 73.1 Å². The maximum Gasteiger partial charge on any atom is 0.256 e. The van der Waals surface area contributed by atoms with Crippen LogP contribution in [0, 0.1) is 11.3 Å². The number of H-pyrrole nitrogens is 1. The number of rotatable bonds is 5. The summed E-state index contributed by atoms with van der Waals surface area (Å²) >= 11 is 0. The standard InChI is InChI=1S/C29H27N9O/c30-10-9-29(38-16-21(15-35-38)26-23-6-12-32-27(23)34-19-33-26)17-37(18-29)22-7-13-36(14-8-22)28(39)24-5-1-3-20-4-2-11-31-25(20)24/h1-6,11-12,15-16,19,22H,7-9,13-14,17-18H2,(H,32,33,34). The first-order valence-corrected chi connectivity index (χ1v) is 13.2. The molecule has 0 aliphatic carbocycles. The summed E-state index contributed by atoms with van der Waals surface area (Å²) in [6.07, 6.45) is 11.2. The Hall–Kier alpha value is -4.62. The number of fused-ring (bicyclic) bond motifs is 2. The van der Waals surface area contributed by atoms with Gasteiger partial charge in [0.05, 0.1) is 35.5 Å². The molecule has 0 radical (unpaired) electrons. The zero-order valence-electron chi connectivity index (χ0n) is 21.4. The summed E-state index contributed by atoms with van der Waals surface area (Å²) in [7, 11) is 0. The lowest BCUT2D eigenvalue weighted by atomic mass is 9.83. The van der Waals surface area contributed by atoms with E-state index in [1.54, 1.807) is 12.5 Å². The monoisotopic (exact) mass is 517 g/mol. The largest absolute Gasteiger partial charge is 0.346 e. The maximum atomic E-state index is 13.3. The van der Waals surface area contributed by atoms with Gasteiger partial charge < -0.3 is 9.88 Å². The predicted molar refractivity (Wildman–Crippen MR) is 146 cm³/mol. The smallest absolute Gasteiger partial charge is 0.256 e. The summed E-state index contributed by atoms with van der Waals surface area (Å²) in [6.45, 7) is 2.94. The Morgan fingerprint density at radius 1 is 1.10 bits per heavy atom. The second-order valence-electron chi connectivity index (χ2n) is 10.5. The minimum atomic E-state index is -0.362. The average molecular weight is 518 g/mol. The van der Waals surface area contributed by atoms with Crippen molar-refractivity contribution in [2.75, 3.05) is 26.2 Å². The molecule has 2 aliphatic heterocycles. The normalized spacial score (nSPS) is 17.8. The summed E-state index contributed by atoms with van der Waals surface area (Å²) in [6, 6.07) is 14.4. The molecule has 0 spiro atoms. The Morgan fingerprint density at radius 3 is 2.79 bits per heavy atom. The molecule has 1 aromatic carbocycles. The van der Waals surface area contributed by atoms with Crippen molar-refractivity contribution in [3.8, 4) is 17.3 Å². The van der Waals surface area contributed by atoms with Crippen LogP contribution >= 0.6 is 0 Å². The predicted octanol–water partition coefficient (Wildman–Crippen LogP) is 3.60. The Bertz CT molecular complexity index is 1710. The van der Waals surface area contributed by atoms with Crippen molar-refractivity contribution in [3.63, 3.8) is 0 Å². The van der Waals surface area contributed by atoms with Crippen LogP contribution in [0.4, 0.5) is 0 Å². The quantitative estimate of drug-likeness (QED) is 0.378. The molecule has 1 N–H and O–H groups in total. The molecule has 6 heterocycles. The number of hydrogen-bond acceptors (Lipinski definition) is 7. The van der Waals surface area contributed by atoms with E-state index >= 15 is 0 Å². The third kappa shape index (κ3) is 3.94. The number of aromatic amines is 1. The fraction of sp³-hybridized carbons (Fsp3) is 0.310. The van der Waals surface area contributed by atoms with Crippen LogP contribution in [0.15, 0.2) is 67.5 Å². The number of nitrogens with zero attached hydrogens (tertiary/aromatic N) is 8. The van der Waals surface area contributed by atoms with E-state index in [-0.39, 0.29) is 11.4 Å². The zero-order valence-corrected chi connectivity index (χ0v) is 21.4. The van der Waals surface area contributed by atoms with Gasteiger partial charge in [0.1, 0.15) is 17.5 Å². The highest BCUT2D eigenvalue weighted by molar-refractivity contribution is 6.05. The molecule has 0 unspecified atom stereocenters. The number of nitrogens with one attached hydrogen (secondary N) is 1. The van der Waals surface area contributed by atoms with Crippen molar-refractivity contribution < 1.29 is 4.79 Å². The van der Waals surface area contributed by atoms with Crippen molar-refractivity contribution in [1.29, 1.82) is 5.26 Å². The molecule has 10 heteroatoms. The number of benzene rings is 1. The van der Waals surface area contributed by atoms with E-state index in [9.17, 15) is 10.1 Å². The molecule has 10 nitrogen and oxygen atoms in total. The summed E-state index contributed by atoms with van der Waals surface area (Å²) in [4.78, 5) is 34.1. The highest BCUT2D eigenvalue weighted by Gasteiger charge is 2.48. The van der Waals surface area contributed by atoms with E-state index in [0.29, 0.717) is 31.1 Å². The number of carbonyl (C=O) groups excluding carboxylic acids is 1. The molecule has 0 atom stereocenters. The summed E-state index contributed by atoms with van der Waals surface area (Å²) < 4.78 is 1.95. The molecule has 2 fully saturated rings. The number of aromatic nitrogens is 6. The Balaban J connectivity index is 1.03. The van der Waals surface area contributed by atoms with Crippen molar-refractivity contribution in [2.24, 2.45) is 0 Å². The minimum absolute atomic E-state index is 0.0468. The Labute approximate surface area is 224 Å². The molecule has 0 saturated carbocycles. The lowest BCUT2D eigenvalue weighted by molar-refractivity contribution is -0.0412. The van der Waals surface area contributed by atoms with E-state index in [0.717, 1.165) is 59.1 Å². The lowest BCUT2D eigenvalue weighted by Gasteiger charge is -2.53. The van der Waals surface area contributed by atoms with Gasteiger partial charge >= 0.3 is 0 Å². The molecule has 2 saturated heterocycles. The van der Waals surface area contributed by atoms with Gasteiger partial charge in [-0.2, -0.15) is 10.4 Å². The second-order valence-corrected chi connectivity index (χ2v) is 10.5. The number of likely N-dealkylation sites (tertiary alicyclic amines) is 2. The van der Waals surface area contributed by atoms with Gasteiger partial charge in [0.2, 0.25) is 0 Å². The molecule has 39 heavy (non-hydrogen) atoms. The number of amides is 1. The van der Waals surface area contributed by atoms with Gasteiger partial charge in [-0.25, -0.2) is 9.97 Å². The van der Waals surface area contributed by atoms with Gasteiger partial charge in [0, 0.05) is 67.1 Å². The van der Waals surface area contributed by atoms with E-state index in [1.165, 1.54) is 0 Å². The molecule has 5 aromatic rings. The highest BCUT2D eigenvalue weighted by atomic mass is 16.2. The molecular weight excluding hydrogens is 490 g/mol. The summed E-state index contributed by atoms with van der Waals surface area (Å²) in [5.41, 5.74) is 3.59. The number of hydrogen-bond donors (Lipinski definition) is 1. The number of pyridine rings is 1. The first kappa shape index (κ1) is 23.5. The molecule has 4 aromatic heterocycles. The van der Waals surface area contributed by atoms with Gasteiger partial charge in [-0.15, -0.1) is 0 Å². The minimum Gasteiger partial charge on any atom is -0.346 e. The van der Waals surface area contributed by atoms with Gasteiger partial charge in [0.25, 0.3) is 5.91 Å². The number of para-hydroxylation sites is 1. The molecule has 0 bridgehead atoms. The molecule has 2 aliphatic rings. The Morgan fingerprint density at radius 2 is 1.95 bits per heavy atom. The number of carbonyl (C=O) groups is 1. The molecule has 1 amide bonds. The van der Waals surface area contributed by atoms with Gasteiger partial charge in [0.15, 0.2) is 0 Å². The first-order chi connectivity index (χ1) is 19.1. The van der Waals surface area contributed by atoms with Crippen molar-refractivity contribution in [2.45, 2.75) is 30.8 Å². The maximum absolute atomic E-state index is 13.3. The second kappa shape index (κ2) is 9.29. The van der Waals surface area contributed by atoms with E-state index in [4.69, 9.17) is 0 Å². The fourth-order valence-corrected chi connectivity index (χ4v) is 6.14. The zero-order chi connectivity index (χ0) is 26.4. The lowest BCUT2D eigenvalue weighted by Crippen LogP contribution is -2.66. The highest BCUT2D eigenvalue weighted by Crippen LogP contribution is 2.37. The van der Waals surface area contributed by atoms with Crippen LogP contribution in [0.1, 0.15) is 29.6 Å². The van der Waals surface area contributed by atoms with Gasteiger partial charge in [-0.1, -0.05) is 18.2 Å². The fourth-order valence-electron chi connectivity index (χ4n) is 6.14. The van der Waals surface area contributed by atoms with Crippen LogP contribution in [0.2, 0.25) is 0 Å². The molecule has 194 valence electrons. The van der Waals surface area contributed by atoms with Crippen LogP contribution in [0.5, 0.6) is 0 Å².